The lowest BCUT2D eigenvalue weighted by atomic mass is 10.2. The van der Waals surface area contributed by atoms with Crippen molar-refractivity contribution >= 4 is 5.82 Å². The Hall–Kier alpha value is -2.05. The predicted molar refractivity (Wildman–Crippen MR) is 55.9 cm³/mol. The van der Waals surface area contributed by atoms with E-state index in [0.29, 0.717) is 5.69 Å². The quantitative estimate of drug-likeness (QED) is 0.832. The molecule has 0 radical (unpaired) electrons. The topological polar surface area (TPSA) is 56.7 Å². The van der Waals surface area contributed by atoms with Crippen molar-refractivity contribution in [2.45, 2.75) is 6.18 Å². The molecule has 17 heavy (non-hydrogen) atoms. The van der Waals surface area contributed by atoms with Crippen LogP contribution in [0.2, 0.25) is 0 Å². The van der Waals surface area contributed by atoms with Gasteiger partial charge in [0.1, 0.15) is 11.5 Å². The van der Waals surface area contributed by atoms with Gasteiger partial charge < -0.3 is 5.73 Å². The van der Waals surface area contributed by atoms with Crippen molar-refractivity contribution in [1.82, 2.24) is 14.8 Å². The molecule has 0 spiro atoms. The summed E-state index contributed by atoms with van der Waals surface area (Å²) >= 11 is 0. The van der Waals surface area contributed by atoms with E-state index in [-0.39, 0.29) is 11.5 Å². The van der Waals surface area contributed by atoms with Crippen LogP contribution in [0.3, 0.4) is 0 Å². The number of pyridine rings is 1. The van der Waals surface area contributed by atoms with Crippen molar-refractivity contribution in [3.05, 3.63) is 30.0 Å². The van der Waals surface area contributed by atoms with Crippen LogP contribution < -0.4 is 5.73 Å². The second-order valence-corrected chi connectivity index (χ2v) is 3.54. The molecule has 4 nitrogen and oxygen atoms in total. The fraction of sp³-hybridized carbons (Fsp3) is 0.200. The number of nitrogens with two attached hydrogens (primary N) is 1. The summed E-state index contributed by atoms with van der Waals surface area (Å²) in [6.07, 6.45) is -2.83. The minimum Gasteiger partial charge on any atom is -0.384 e. The van der Waals surface area contributed by atoms with Gasteiger partial charge in [0.05, 0.1) is 11.3 Å². The molecule has 7 heteroatoms. The summed E-state index contributed by atoms with van der Waals surface area (Å²) < 4.78 is 39.2. The molecule has 0 aromatic carbocycles. The highest BCUT2D eigenvalue weighted by Crippen LogP contribution is 2.32. The van der Waals surface area contributed by atoms with Crippen molar-refractivity contribution < 1.29 is 13.2 Å². The highest BCUT2D eigenvalue weighted by atomic mass is 19.4. The smallest absolute Gasteiger partial charge is 0.384 e. The number of halogens is 3. The number of rotatable bonds is 1. The molecular formula is C10H9F3N4. The van der Waals surface area contributed by atoms with Gasteiger partial charge in [0.2, 0.25) is 0 Å². The van der Waals surface area contributed by atoms with Crippen LogP contribution in [-0.4, -0.2) is 14.8 Å². The van der Waals surface area contributed by atoms with E-state index in [0.717, 1.165) is 12.1 Å². The first-order valence-corrected chi connectivity index (χ1v) is 4.71. The zero-order valence-corrected chi connectivity index (χ0v) is 8.86. The van der Waals surface area contributed by atoms with Gasteiger partial charge in [0, 0.05) is 13.2 Å². The minimum atomic E-state index is -4.44. The molecule has 0 aliphatic rings. The monoisotopic (exact) mass is 242 g/mol. The fourth-order valence-corrected chi connectivity index (χ4v) is 1.40. The van der Waals surface area contributed by atoms with Crippen LogP contribution in [0.15, 0.2) is 24.4 Å². The van der Waals surface area contributed by atoms with E-state index >= 15 is 0 Å². The third kappa shape index (κ3) is 2.38. The summed E-state index contributed by atoms with van der Waals surface area (Å²) in [6, 6.07) is 3.30. The maximum Gasteiger partial charge on any atom is 0.416 e. The molecule has 0 amide bonds. The molecule has 0 aliphatic heterocycles. The van der Waals surface area contributed by atoms with Crippen molar-refractivity contribution in [3.8, 4) is 11.4 Å². The number of aromatic nitrogens is 3. The first-order chi connectivity index (χ1) is 7.86. The van der Waals surface area contributed by atoms with Crippen molar-refractivity contribution in [3.63, 3.8) is 0 Å². The summed E-state index contributed by atoms with van der Waals surface area (Å²) in [7, 11) is 1.67. The normalized spacial score (nSPS) is 11.8. The van der Waals surface area contributed by atoms with E-state index < -0.39 is 11.7 Å². The third-order valence-corrected chi connectivity index (χ3v) is 2.15. The average molecular weight is 242 g/mol. The van der Waals surface area contributed by atoms with Crippen LogP contribution in [0.4, 0.5) is 19.0 Å². The van der Waals surface area contributed by atoms with E-state index in [9.17, 15) is 13.2 Å². The van der Waals surface area contributed by atoms with Crippen LogP contribution in [0, 0.1) is 0 Å². The second-order valence-electron chi connectivity index (χ2n) is 3.54. The standard InChI is InChI=1S/C10H9F3N4/c1-17-3-2-7(16-17)8-4-6(10(11,12)13)5-9(14)15-8/h2-5H,1H3,(H2,14,15). The van der Waals surface area contributed by atoms with Crippen LogP contribution in [0.25, 0.3) is 11.4 Å². The lowest BCUT2D eigenvalue weighted by molar-refractivity contribution is -0.137. The highest BCUT2D eigenvalue weighted by Gasteiger charge is 2.31. The Morgan fingerprint density at radius 2 is 1.94 bits per heavy atom. The maximum atomic E-state index is 12.6. The Kier molecular flexibility index (Phi) is 2.53. The average Bonchev–Trinajstić information content (AvgIpc) is 2.62. The first kappa shape index (κ1) is 11.4. The molecule has 2 rings (SSSR count). The Morgan fingerprint density at radius 3 is 2.47 bits per heavy atom. The van der Waals surface area contributed by atoms with Gasteiger partial charge in [-0.2, -0.15) is 18.3 Å². The van der Waals surface area contributed by atoms with E-state index in [4.69, 9.17) is 5.73 Å². The number of anilines is 1. The lowest BCUT2D eigenvalue weighted by Crippen LogP contribution is -2.07. The van der Waals surface area contributed by atoms with Crippen LogP contribution in [0.1, 0.15) is 5.56 Å². The first-order valence-electron chi connectivity index (χ1n) is 4.71. The van der Waals surface area contributed by atoms with Crippen LogP contribution in [0.5, 0.6) is 0 Å². The molecule has 2 aromatic heterocycles. The molecule has 0 unspecified atom stereocenters. The summed E-state index contributed by atoms with van der Waals surface area (Å²) in [4.78, 5) is 3.83. The van der Waals surface area contributed by atoms with E-state index in [1.165, 1.54) is 4.68 Å². The fourth-order valence-electron chi connectivity index (χ4n) is 1.40. The van der Waals surface area contributed by atoms with E-state index in [1.807, 2.05) is 0 Å². The minimum absolute atomic E-state index is 0.109. The van der Waals surface area contributed by atoms with E-state index in [2.05, 4.69) is 10.1 Å². The molecule has 2 N–H and O–H groups in total. The van der Waals surface area contributed by atoms with Crippen molar-refractivity contribution in [2.24, 2.45) is 7.05 Å². The number of aryl methyl sites for hydroxylation is 1. The number of alkyl halides is 3. The van der Waals surface area contributed by atoms with Gasteiger partial charge in [0.15, 0.2) is 0 Å². The Bertz CT molecular complexity index is 545. The van der Waals surface area contributed by atoms with Crippen LogP contribution in [-0.2, 0) is 13.2 Å². The third-order valence-electron chi connectivity index (χ3n) is 2.15. The molecular weight excluding hydrogens is 233 g/mol. The molecule has 0 saturated carbocycles. The van der Waals surface area contributed by atoms with Gasteiger partial charge >= 0.3 is 6.18 Å². The number of hydrogen-bond donors (Lipinski definition) is 1. The summed E-state index contributed by atoms with van der Waals surface area (Å²) in [6.45, 7) is 0. The maximum absolute atomic E-state index is 12.6. The predicted octanol–water partition coefficient (Wildman–Crippen LogP) is 2.08. The summed E-state index contributed by atoms with van der Waals surface area (Å²) in [5, 5.41) is 3.98. The van der Waals surface area contributed by atoms with Gasteiger partial charge in [-0.3, -0.25) is 4.68 Å². The molecule has 0 aliphatic carbocycles. The molecule has 0 atom stereocenters. The molecule has 0 saturated heterocycles. The van der Waals surface area contributed by atoms with E-state index in [1.54, 1.807) is 19.3 Å². The number of hydrogen-bond acceptors (Lipinski definition) is 3. The summed E-state index contributed by atoms with van der Waals surface area (Å²) in [5.74, 6) is -0.180. The summed E-state index contributed by atoms with van der Waals surface area (Å²) in [5.41, 5.74) is 4.99. The zero-order chi connectivity index (χ0) is 12.6. The van der Waals surface area contributed by atoms with Gasteiger partial charge in [-0.1, -0.05) is 0 Å². The van der Waals surface area contributed by atoms with Gasteiger partial charge in [-0.25, -0.2) is 4.98 Å². The Morgan fingerprint density at radius 1 is 1.24 bits per heavy atom. The van der Waals surface area contributed by atoms with Gasteiger partial charge in [-0.05, 0) is 18.2 Å². The molecule has 2 aromatic rings. The Labute approximate surface area is 94.9 Å². The molecule has 0 fully saturated rings. The molecule has 0 bridgehead atoms. The van der Waals surface area contributed by atoms with Gasteiger partial charge in [0.25, 0.3) is 0 Å². The highest BCUT2D eigenvalue weighted by molar-refractivity contribution is 5.58. The SMILES string of the molecule is Cn1ccc(-c2cc(C(F)(F)F)cc(N)n2)n1. The number of nitrogens with zero attached hydrogens (tertiary/aromatic N) is 3. The largest absolute Gasteiger partial charge is 0.416 e. The zero-order valence-electron chi connectivity index (χ0n) is 8.86. The number of nitrogen functional groups attached to an aromatic ring is 1. The Balaban J connectivity index is 2.52. The van der Waals surface area contributed by atoms with Crippen molar-refractivity contribution in [2.75, 3.05) is 5.73 Å². The van der Waals surface area contributed by atoms with Gasteiger partial charge in [-0.15, -0.1) is 0 Å². The molecule has 90 valence electrons. The second kappa shape index (κ2) is 3.76. The molecule has 2 heterocycles. The lowest BCUT2D eigenvalue weighted by Gasteiger charge is -2.08. The van der Waals surface area contributed by atoms with Crippen LogP contribution >= 0.6 is 0 Å². The van der Waals surface area contributed by atoms with Crippen molar-refractivity contribution in [1.29, 1.82) is 0 Å².